The molecule has 0 saturated heterocycles. The summed E-state index contributed by atoms with van der Waals surface area (Å²) in [6, 6.07) is 14.3. The Morgan fingerprint density at radius 3 is 2.63 bits per heavy atom. The molecule has 0 spiro atoms. The van der Waals surface area contributed by atoms with Gasteiger partial charge in [0, 0.05) is 11.8 Å². The molecule has 0 aliphatic heterocycles. The van der Waals surface area contributed by atoms with E-state index in [-0.39, 0.29) is 17.5 Å². The Morgan fingerprint density at radius 2 is 1.90 bits per heavy atom. The van der Waals surface area contributed by atoms with Crippen LogP contribution in [0.25, 0.3) is 16.6 Å². The minimum absolute atomic E-state index is 0.181. The van der Waals surface area contributed by atoms with Crippen LogP contribution in [0.2, 0.25) is 5.02 Å². The quantitative estimate of drug-likeness (QED) is 0.503. The number of hydrogen-bond acceptors (Lipinski definition) is 6. The number of para-hydroxylation sites is 1. The molecule has 2 aromatic heterocycles. The van der Waals surface area contributed by atoms with Gasteiger partial charge < -0.3 is 11.1 Å². The highest BCUT2D eigenvalue weighted by atomic mass is 35.5. The van der Waals surface area contributed by atoms with Gasteiger partial charge in [-0.2, -0.15) is 4.98 Å². The van der Waals surface area contributed by atoms with E-state index in [1.807, 2.05) is 44.2 Å². The van der Waals surface area contributed by atoms with E-state index in [1.54, 1.807) is 29.0 Å². The lowest BCUT2D eigenvalue weighted by Crippen LogP contribution is -2.27. The van der Waals surface area contributed by atoms with Gasteiger partial charge in [-0.3, -0.25) is 9.36 Å². The fraction of sp³-hybridized carbons (Fsp3) is 0.182. The number of nitrogens with two attached hydrogens (primary N) is 1. The van der Waals surface area contributed by atoms with Crippen LogP contribution in [-0.4, -0.2) is 19.5 Å². The van der Waals surface area contributed by atoms with Crippen LogP contribution in [0.5, 0.6) is 0 Å². The number of fused-ring (bicyclic) bond motifs is 1. The highest BCUT2D eigenvalue weighted by Gasteiger charge is 2.20. The average molecular weight is 421 g/mol. The maximum Gasteiger partial charge on any atom is 0.267 e. The Bertz CT molecular complexity index is 1270. The van der Waals surface area contributed by atoms with Gasteiger partial charge in [-0.25, -0.2) is 9.97 Å². The smallest absolute Gasteiger partial charge is 0.267 e. The summed E-state index contributed by atoms with van der Waals surface area (Å²) < 4.78 is 1.59. The number of anilines is 2. The summed E-state index contributed by atoms with van der Waals surface area (Å²) >= 11 is 6.34. The minimum Gasteiger partial charge on any atom is -0.368 e. The van der Waals surface area contributed by atoms with Crippen molar-refractivity contribution in [3.63, 3.8) is 0 Å². The van der Waals surface area contributed by atoms with E-state index in [2.05, 4.69) is 15.3 Å². The SMILES string of the molecule is CCc1cnc(N)nc1NC(C)c1nc2cccc(Cl)c2c(=O)n1-c1ccccc1. The maximum absolute atomic E-state index is 13.5. The largest absolute Gasteiger partial charge is 0.368 e. The lowest BCUT2D eigenvalue weighted by Gasteiger charge is -2.21. The predicted molar refractivity (Wildman–Crippen MR) is 120 cm³/mol. The molecule has 0 radical (unpaired) electrons. The summed E-state index contributed by atoms with van der Waals surface area (Å²) in [5.74, 6) is 1.35. The van der Waals surface area contributed by atoms with E-state index in [1.165, 1.54) is 0 Å². The molecule has 4 rings (SSSR count). The molecule has 4 aromatic rings. The van der Waals surface area contributed by atoms with E-state index in [0.717, 1.165) is 12.0 Å². The minimum atomic E-state index is -0.346. The van der Waals surface area contributed by atoms with Gasteiger partial charge in [-0.1, -0.05) is 42.8 Å². The molecule has 152 valence electrons. The normalized spacial score (nSPS) is 12.1. The molecule has 0 aliphatic carbocycles. The summed E-state index contributed by atoms with van der Waals surface area (Å²) in [7, 11) is 0. The second-order valence-corrected chi connectivity index (χ2v) is 7.31. The zero-order valence-corrected chi connectivity index (χ0v) is 17.4. The topological polar surface area (TPSA) is 98.7 Å². The van der Waals surface area contributed by atoms with Gasteiger partial charge in [0.2, 0.25) is 5.95 Å². The van der Waals surface area contributed by atoms with Crippen LogP contribution >= 0.6 is 11.6 Å². The maximum atomic E-state index is 13.5. The molecule has 2 aromatic carbocycles. The molecule has 1 atom stereocenters. The van der Waals surface area contributed by atoms with Crippen LogP contribution in [0, 0.1) is 0 Å². The fourth-order valence-corrected chi connectivity index (χ4v) is 3.65. The molecule has 7 nitrogen and oxygen atoms in total. The van der Waals surface area contributed by atoms with E-state index >= 15 is 0 Å². The lowest BCUT2D eigenvalue weighted by molar-refractivity contribution is 0.729. The Morgan fingerprint density at radius 1 is 1.13 bits per heavy atom. The standard InChI is InChI=1S/C22H21ClN6O/c1-3-14-12-25-22(24)28-19(14)26-13(2)20-27-17-11-7-10-16(23)18(17)21(30)29(20)15-8-5-4-6-9-15/h4-13H,3H2,1-2H3,(H3,24,25,26,28). The Kier molecular flexibility index (Phi) is 5.37. The second-order valence-electron chi connectivity index (χ2n) is 6.90. The number of benzene rings is 2. The molecular formula is C22H21ClN6O. The van der Waals surface area contributed by atoms with Gasteiger partial charge in [0.05, 0.1) is 27.7 Å². The molecule has 0 amide bonds. The first kappa shape index (κ1) is 19.8. The molecule has 8 heteroatoms. The summed E-state index contributed by atoms with van der Waals surface area (Å²) in [5, 5.41) is 4.11. The van der Waals surface area contributed by atoms with Crippen LogP contribution in [0.3, 0.4) is 0 Å². The van der Waals surface area contributed by atoms with Crippen molar-refractivity contribution in [3.05, 3.63) is 81.5 Å². The highest BCUT2D eigenvalue weighted by molar-refractivity contribution is 6.35. The average Bonchev–Trinajstić information content (AvgIpc) is 2.74. The molecule has 30 heavy (non-hydrogen) atoms. The summed E-state index contributed by atoms with van der Waals surface area (Å²) in [6.07, 6.45) is 2.44. The Hall–Kier alpha value is -3.45. The first-order chi connectivity index (χ1) is 14.5. The molecule has 1 unspecified atom stereocenters. The third-order valence-corrected chi connectivity index (χ3v) is 5.21. The van der Waals surface area contributed by atoms with Crippen LogP contribution in [-0.2, 0) is 6.42 Å². The van der Waals surface area contributed by atoms with Gasteiger partial charge in [-0.05, 0) is 37.6 Å². The van der Waals surface area contributed by atoms with Crippen LogP contribution < -0.4 is 16.6 Å². The number of halogens is 1. The third-order valence-electron chi connectivity index (χ3n) is 4.89. The van der Waals surface area contributed by atoms with Crippen molar-refractivity contribution in [2.45, 2.75) is 26.3 Å². The van der Waals surface area contributed by atoms with Crippen LogP contribution in [0.4, 0.5) is 11.8 Å². The number of aromatic nitrogens is 4. The highest BCUT2D eigenvalue weighted by Crippen LogP contribution is 2.25. The van der Waals surface area contributed by atoms with Crippen molar-refractivity contribution in [3.8, 4) is 5.69 Å². The molecule has 0 aliphatic rings. The molecule has 3 N–H and O–H groups in total. The monoisotopic (exact) mass is 420 g/mol. The van der Waals surface area contributed by atoms with Crippen LogP contribution in [0.1, 0.15) is 31.3 Å². The number of hydrogen-bond donors (Lipinski definition) is 2. The third kappa shape index (κ3) is 3.59. The zero-order valence-electron chi connectivity index (χ0n) is 16.6. The molecule has 2 heterocycles. The van der Waals surface area contributed by atoms with Crippen molar-refractivity contribution in [1.29, 1.82) is 0 Å². The van der Waals surface area contributed by atoms with Gasteiger partial charge in [0.1, 0.15) is 11.6 Å². The number of aryl methyl sites for hydroxylation is 1. The van der Waals surface area contributed by atoms with Gasteiger partial charge >= 0.3 is 0 Å². The zero-order chi connectivity index (χ0) is 21.3. The van der Waals surface area contributed by atoms with E-state index in [9.17, 15) is 4.79 Å². The van der Waals surface area contributed by atoms with Crippen molar-refractivity contribution in [1.82, 2.24) is 19.5 Å². The Labute approximate surface area is 178 Å². The number of nitrogen functional groups attached to an aromatic ring is 1. The van der Waals surface area contributed by atoms with E-state index in [4.69, 9.17) is 22.3 Å². The first-order valence-electron chi connectivity index (χ1n) is 9.64. The fourth-order valence-electron chi connectivity index (χ4n) is 3.40. The molecule has 0 bridgehead atoms. The molecule has 0 fully saturated rings. The second kappa shape index (κ2) is 8.12. The summed E-state index contributed by atoms with van der Waals surface area (Å²) in [5.41, 5.74) is 7.74. The van der Waals surface area contributed by atoms with Crippen molar-refractivity contribution < 1.29 is 0 Å². The van der Waals surface area contributed by atoms with E-state index in [0.29, 0.717) is 33.3 Å². The predicted octanol–water partition coefficient (Wildman–Crippen LogP) is 4.15. The first-order valence-corrected chi connectivity index (χ1v) is 10.0. The summed E-state index contributed by atoms with van der Waals surface area (Å²) in [6.45, 7) is 3.94. The Balaban J connectivity index is 1.92. The van der Waals surface area contributed by atoms with Gasteiger partial charge in [-0.15, -0.1) is 0 Å². The van der Waals surface area contributed by atoms with Gasteiger partial charge in [0.15, 0.2) is 0 Å². The molecule has 0 saturated carbocycles. The van der Waals surface area contributed by atoms with Gasteiger partial charge in [0.25, 0.3) is 5.56 Å². The number of nitrogens with zero attached hydrogens (tertiary/aromatic N) is 4. The van der Waals surface area contributed by atoms with Crippen molar-refractivity contribution in [2.24, 2.45) is 0 Å². The number of nitrogens with one attached hydrogen (secondary N) is 1. The number of rotatable bonds is 5. The van der Waals surface area contributed by atoms with Crippen molar-refractivity contribution >= 4 is 34.3 Å². The van der Waals surface area contributed by atoms with E-state index < -0.39 is 0 Å². The summed E-state index contributed by atoms with van der Waals surface area (Å²) in [4.78, 5) is 26.7. The molecular weight excluding hydrogens is 400 g/mol. The lowest BCUT2D eigenvalue weighted by atomic mass is 10.2. The van der Waals surface area contributed by atoms with Crippen LogP contribution in [0.15, 0.2) is 59.5 Å². The van der Waals surface area contributed by atoms with Crippen molar-refractivity contribution in [2.75, 3.05) is 11.1 Å².